The monoisotopic (exact) mass is 216 g/mol. The predicted molar refractivity (Wildman–Crippen MR) is 65.6 cm³/mol. The second-order valence-corrected chi connectivity index (χ2v) is 5.27. The maximum absolute atomic E-state index is 6.54. The van der Waals surface area contributed by atoms with Crippen molar-refractivity contribution in [2.75, 3.05) is 0 Å². The molecule has 0 bridgehead atoms. The molecule has 1 heteroatoms. The fourth-order valence-electron chi connectivity index (χ4n) is 2.64. The minimum Gasteiger partial charge on any atom is -0.117 e. The summed E-state index contributed by atoms with van der Waals surface area (Å²) in [5, 5.41) is 2.77. The molecular weight excluding hydrogens is 204 g/mol. The van der Waals surface area contributed by atoms with Gasteiger partial charge in [-0.05, 0) is 21.9 Å². The number of hydrogen-bond acceptors (Lipinski definition) is 0. The number of hydrogen-bond donors (Lipinski definition) is 0. The van der Waals surface area contributed by atoms with Gasteiger partial charge in [-0.1, -0.05) is 50.2 Å². The van der Waals surface area contributed by atoms with Crippen molar-refractivity contribution < 1.29 is 0 Å². The highest BCUT2D eigenvalue weighted by Gasteiger charge is 2.39. The Kier molecular flexibility index (Phi) is 1.70. The van der Waals surface area contributed by atoms with Crippen LogP contribution in [0.25, 0.3) is 10.8 Å². The molecule has 0 unspecified atom stereocenters. The number of benzene rings is 2. The zero-order valence-electron chi connectivity index (χ0n) is 8.92. The first-order valence-electron chi connectivity index (χ1n) is 5.28. The maximum Gasteiger partial charge on any atom is 0.0682 e. The number of halogens is 1. The lowest BCUT2D eigenvalue weighted by molar-refractivity contribution is 0.528. The Morgan fingerprint density at radius 3 is 2.47 bits per heavy atom. The number of alkyl halides is 1. The average Bonchev–Trinajstić information content (AvgIpc) is 2.43. The molecule has 0 radical (unpaired) electrons. The van der Waals surface area contributed by atoms with Crippen molar-refractivity contribution in [1.29, 1.82) is 0 Å². The van der Waals surface area contributed by atoms with Crippen molar-refractivity contribution in [3.63, 3.8) is 0 Å². The molecule has 1 aliphatic rings. The summed E-state index contributed by atoms with van der Waals surface area (Å²) < 4.78 is 0. The van der Waals surface area contributed by atoms with Crippen molar-refractivity contribution in [2.24, 2.45) is 0 Å². The summed E-state index contributed by atoms with van der Waals surface area (Å²) in [7, 11) is 0. The molecule has 1 aliphatic carbocycles. The molecule has 2 aromatic rings. The highest BCUT2D eigenvalue weighted by atomic mass is 35.5. The maximum atomic E-state index is 6.54. The molecule has 76 valence electrons. The molecule has 0 amide bonds. The molecule has 1 atom stereocenters. The van der Waals surface area contributed by atoms with Crippen LogP contribution in [0.3, 0.4) is 0 Å². The molecule has 0 aliphatic heterocycles. The van der Waals surface area contributed by atoms with E-state index < -0.39 is 0 Å². The third-order valence-corrected chi connectivity index (χ3v) is 4.32. The van der Waals surface area contributed by atoms with Gasteiger partial charge < -0.3 is 0 Å². The first-order valence-corrected chi connectivity index (χ1v) is 5.72. The van der Waals surface area contributed by atoms with E-state index in [1.807, 2.05) is 0 Å². The van der Waals surface area contributed by atoms with Crippen molar-refractivity contribution in [3.05, 3.63) is 47.5 Å². The molecule has 0 N–H and O–H groups in total. The normalized spacial score (nSPS) is 22.2. The van der Waals surface area contributed by atoms with Crippen LogP contribution in [-0.4, -0.2) is 0 Å². The second kappa shape index (κ2) is 2.76. The molecule has 0 heterocycles. The third kappa shape index (κ3) is 1.03. The van der Waals surface area contributed by atoms with Gasteiger partial charge in [0.1, 0.15) is 0 Å². The summed E-state index contributed by atoms with van der Waals surface area (Å²) in [4.78, 5) is 0. The smallest absolute Gasteiger partial charge is 0.0682 e. The quantitative estimate of drug-likeness (QED) is 0.573. The highest BCUT2D eigenvalue weighted by molar-refractivity contribution is 6.24. The van der Waals surface area contributed by atoms with Crippen molar-refractivity contribution in [3.8, 4) is 0 Å². The minimum atomic E-state index is 0.0464. The van der Waals surface area contributed by atoms with Crippen LogP contribution < -0.4 is 0 Å². The Hall–Kier alpha value is -1.01. The summed E-state index contributed by atoms with van der Waals surface area (Å²) in [6.45, 7) is 4.44. The summed E-state index contributed by atoms with van der Waals surface area (Å²) >= 11 is 6.54. The lowest BCUT2D eigenvalue weighted by Gasteiger charge is -2.24. The van der Waals surface area contributed by atoms with Crippen LogP contribution in [0.4, 0.5) is 0 Å². The molecule has 2 aromatic carbocycles. The molecule has 0 fully saturated rings. The Bertz CT molecular complexity index is 535. The third-order valence-electron chi connectivity index (χ3n) is 3.54. The van der Waals surface area contributed by atoms with Gasteiger partial charge in [0.25, 0.3) is 0 Å². The Morgan fingerprint density at radius 2 is 1.73 bits per heavy atom. The summed E-state index contributed by atoms with van der Waals surface area (Å²) in [5.41, 5.74) is 2.72. The van der Waals surface area contributed by atoms with Gasteiger partial charge in [-0.3, -0.25) is 0 Å². The second-order valence-electron chi connectivity index (χ2n) is 4.84. The minimum absolute atomic E-state index is 0.0464. The van der Waals surface area contributed by atoms with Crippen molar-refractivity contribution in [1.82, 2.24) is 0 Å². The highest BCUT2D eigenvalue weighted by Crippen LogP contribution is 2.52. The van der Waals surface area contributed by atoms with Crippen LogP contribution in [0.5, 0.6) is 0 Å². The molecule has 3 rings (SSSR count). The van der Waals surface area contributed by atoms with E-state index in [9.17, 15) is 0 Å². The van der Waals surface area contributed by atoms with Gasteiger partial charge in [-0.15, -0.1) is 11.6 Å². The Labute approximate surface area is 94.9 Å². The molecular formula is C14H13Cl. The largest absolute Gasteiger partial charge is 0.117 e. The van der Waals surface area contributed by atoms with Gasteiger partial charge in [-0.25, -0.2) is 0 Å². The summed E-state index contributed by atoms with van der Waals surface area (Å²) in [6, 6.07) is 12.9. The van der Waals surface area contributed by atoms with Crippen LogP contribution in [0.1, 0.15) is 30.4 Å². The zero-order chi connectivity index (χ0) is 10.6. The van der Waals surface area contributed by atoms with E-state index in [0.717, 1.165) is 0 Å². The van der Waals surface area contributed by atoms with Crippen LogP contribution >= 0.6 is 11.6 Å². The molecule has 0 saturated heterocycles. The van der Waals surface area contributed by atoms with E-state index in [2.05, 4.69) is 50.2 Å². The first kappa shape index (κ1) is 9.23. The van der Waals surface area contributed by atoms with Gasteiger partial charge >= 0.3 is 0 Å². The van der Waals surface area contributed by atoms with E-state index in [4.69, 9.17) is 11.6 Å². The summed E-state index contributed by atoms with van der Waals surface area (Å²) in [6.07, 6.45) is 0. The average molecular weight is 217 g/mol. The lowest BCUT2D eigenvalue weighted by Crippen LogP contribution is -2.17. The standard InChI is InChI=1S/C14H13Cl/c1-14(2)11-8-4-6-9-5-3-7-10(12(9)11)13(14)15/h3-8,13H,1-2H3/t13-/m1/s1. The van der Waals surface area contributed by atoms with E-state index in [0.29, 0.717) is 0 Å². The van der Waals surface area contributed by atoms with Gasteiger partial charge in [0.15, 0.2) is 0 Å². The van der Waals surface area contributed by atoms with Crippen LogP contribution in [0.15, 0.2) is 36.4 Å². The van der Waals surface area contributed by atoms with Crippen molar-refractivity contribution in [2.45, 2.75) is 24.6 Å². The first-order chi connectivity index (χ1) is 7.12. The van der Waals surface area contributed by atoms with Gasteiger partial charge in [-0.2, -0.15) is 0 Å². The van der Waals surface area contributed by atoms with Crippen LogP contribution in [-0.2, 0) is 5.41 Å². The van der Waals surface area contributed by atoms with Crippen LogP contribution in [0.2, 0.25) is 0 Å². The van der Waals surface area contributed by atoms with E-state index >= 15 is 0 Å². The van der Waals surface area contributed by atoms with Gasteiger partial charge in [0, 0.05) is 5.41 Å². The zero-order valence-corrected chi connectivity index (χ0v) is 9.68. The van der Waals surface area contributed by atoms with Crippen molar-refractivity contribution >= 4 is 22.4 Å². The SMILES string of the molecule is CC1(C)c2cccc3cccc(c23)[C@H]1Cl. The molecule has 0 saturated carbocycles. The lowest BCUT2D eigenvalue weighted by atomic mass is 9.85. The summed E-state index contributed by atoms with van der Waals surface area (Å²) in [5.74, 6) is 0. The van der Waals surface area contributed by atoms with E-state index in [-0.39, 0.29) is 10.8 Å². The van der Waals surface area contributed by atoms with E-state index in [1.54, 1.807) is 0 Å². The fraction of sp³-hybridized carbons (Fsp3) is 0.286. The Balaban J connectivity index is 2.51. The van der Waals surface area contributed by atoms with Gasteiger partial charge in [0.05, 0.1) is 5.38 Å². The van der Waals surface area contributed by atoms with Crippen LogP contribution in [0, 0.1) is 0 Å². The Morgan fingerprint density at radius 1 is 1.07 bits per heavy atom. The molecule has 0 aromatic heterocycles. The fourth-order valence-corrected chi connectivity index (χ4v) is 2.94. The molecule has 15 heavy (non-hydrogen) atoms. The molecule has 0 spiro atoms. The number of rotatable bonds is 0. The predicted octanol–water partition coefficient (Wildman–Crippen LogP) is 4.41. The topological polar surface area (TPSA) is 0 Å². The van der Waals surface area contributed by atoms with E-state index in [1.165, 1.54) is 21.9 Å². The molecule has 0 nitrogen and oxygen atoms in total. The van der Waals surface area contributed by atoms with Gasteiger partial charge in [0.2, 0.25) is 0 Å².